The number of benzene rings is 1. The highest BCUT2D eigenvalue weighted by molar-refractivity contribution is 6.18. The zero-order valence-electron chi connectivity index (χ0n) is 11.0. The van der Waals surface area contributed by atoms with Crippen LogP contribution < -0.4 is 0 Å². The molecule has 96 valence electrons. The molecule has 0 aliphatic rings. The van der Waals surface area contributed by atoms with Gasteiger partial charge in [0.05, 0.1) is 0 Å². The van der Waals surface area contributed by atoms with Crippen molar-refractivity contribution in [3.63, 3.8) is 0 Å². The Morgan fingerprint density at radius 3 is 2.41 bits per heavy atom. The first-order chi connectivity index (χ1) is 8.22. The van der Waals surface area contributed by atoms with Crippen LogP contribution in [0, 0.1) is 5.92 Å². The van der Waals surface area contributed by atoms with E-state index in [4.69, 9.17) is 11.6 Å². The molecular formula is C15H24ClN. The molecule has 1 nitrogen and oxygen atoms in total. The zero-order valence-corrected chi connectivity index (χ0v) is 11.8. The van der Waals surface area contributed by atoms with Crippen LogP contribution in [0.4, 0.5) is 0 Å². The van der Waals surface area contributed by atoms with E-state index in [0.717, 1.165) is 25.6 Å². The third-order valence-corrected chi connectivity index (χ3v) is 3.07. The molecule has 0 amide bonds. The Morgan fingerprint density at radius 2 is 1.82 bits per heavy atom. The molecule has 0 aliphatic heterocycles. The third kappa shape index (κ3) is 6.70. The maximum absolute atomic E-state index is 5.86. The van der Waals surface area contributed by atoms with Gasteiger partial charge in [0.15, 0.2) is 0 Å². The van der Waals surface area contributed by atoms with Crippen LogP contribution >= 0.6 is 11.6 Å². The number of hydrogen-bond donors (Lipinski definition) is 0. The summed E-state index contributed by atoms with van der Waals surface area (Å²) in [5.41, 5.74) is 1.38. The summed E-state index contributed by atoms with van der Waals surface area (Å²) in [7, 11) is 0. The highest BCUT2D eigenvalue weighted by Crippen LogP contribution is 2.09. The SMILES string of the molecule is CC(C)CCCN(CCCl)Cc1ccccc1. The van der Waals surface area contributed by atoms with Gasteiger partial charge < -0.3 is 0 Å². The summed E-state index contributed by atoms with van der Waals surface area (Å²) < 4.78 is 0. The van der Waals surface area contributed by atoms with Gasteiger partial charge in [-0.3, -0.25) is 4.90 Å². The normalized spacial score (nSPS) is 11.4. The van der Waals surface area contributed by atoms with E-state index in [0.29, 0.717) is 5.88 Å². The molecule has 0 saturated carbocycles. The molecule has 0 radical (unpaired) electrons. The lowest BCUT2D eigenvalue weighted by Gasteiger charge is -2.21. The van der Waals surface area contributed by atoms with Crippen molar-refractivity contribution in [3.8, 4) is 0 Å². The summed E-state index contributed by atoms with van der Waals surface area (Å²) in [5, 5.41) is 0. The van der Waals surface area contributed by atoms with E-state index in [1.165, 1.54) is 18.4 Å². The summed E-state index contributed by atoms with van der Waals surface area (Å²) in [6, 6.07) is 10.6. The summed E-state index contributed by atoms with van der Waals surface area (Å²) in [4.78, 5) is 2.45. The van der Waals surface area contributed by atoms with Gasteiger partial charge in [-0.25, -0.2) is 0 Å². The van der Waals surface area contributed by atoms with Gasteiger partial charge in [0.25, 0.3) is 0 Å². The molecule has 2 heteroatoms. The number of rotatable bonds is 8. The lowest BCUT2D eigenvalue weighted by molar-refractivity contribution is 0.270. The zero-order chi connectivity index (χ0) is 12.5. The second kappa shape index (κ2) is 8.54. The minimum atomic E-state index is 0.717. The van der Waals surface area contributed by atoms with Crippen LogP contribution in [0.3, 0.4) is 0 Å². The van der Waals surface area contributed by atoms with Gasteiger partial charge in [0, 0.05) is 19.0 Å². The van der Waals surface area contributed by atoms with E-state index in [-0.39, 0.29) is 0 Å². The molecule has 0 unspecified atom stereocenters. The van der Waals surface area contributed by atoms with E-state index in [1.54, 1.807) is 0 Å². The van der Waals surface area contributed by atoms with Gasteiger partial charge in [-0.2, -0.15) is 0 Å². The summed E-state index contributed by atoms with van der Waals surface area (Å²) in [5.74, 6) is 1.51. The molecule has 0 saturated heterocycles. The van der Waals surface area contributed by atoms with Crippen LogP contribution in [0.1, 0.15) is 32.3 Å². The maximum atomic E-state index is 5.86. The monoisotopic (exact) mass is 253 g/mol. The van der Waals surface area contributed by atoms with Crippen LogP contribution in [0.5, 0.6) is 0 Å². The fraction of sp³-hybridized carbons (Fsp3) is 0.600. The molecule has 0 N–H and O–H groups in total. The Balaban J connectivity index is 2.37. The number of halogens is 1. The second-order valence-electron chi connectivity index (χ2n) is 4.99. The molecule has 0 bridgehead atoms. The van der Waals surface area contributed by atoms with Crippen molar-refractivity contribution < 1.29 is 0 Å². The van der Waals surface area contributed by atoms with E-state index in [2.05, 4.69) is 49.1 Å². The van der Waals surface area contributed by atoms with E-state index < -0.39 is 0 Å². The molecule has 17 heavy (non-hydrogen) atoms. The summed E-state index contributed by atoms with van der Waals surface area (Å²) in [6.07, 6.45) is 2.56. The van der Waals surface area contributed by atoms with E-state index in [9.17, 15) is 0 Å². The first-order valence-corrected chi connectivity index (χ1v) is 7.08. The van der Waals surface area contributed by atoms with E-state index >= 15 is 0 Å². The molecule has 0 heterocycles. The number of hydrogen-bond acceptors (Lipinski definition) is 1. The number of nitrogens with zero attached hydrogens (tertiary/aromatic N) is 1. The summed E-state index contributed by atoms with van der Waals surface area (Å²) >= 11 is 5.86. The Labute approximate surface area is 111 Å². The Morgan fingerprint density at radius 1 is 1.12 bits per heavy atom. The van der Waals surface area contributed by atoms with Gasteiger partial charge in [-0.15, -0.1) is 11.6 Å². The van der Waals surface area contributed by atoms with Gasteiger partial charge >= 0.3 is 0 Å². The Hall–Kier alpha value is -0.530. The second-order valence-corrected chi connectivity index (χ2v) is 5.36. The van der Waals surface area contributed by atoms with Crippen LogP contribution in [0.2, 0.25) is 0 Å². The topological polar surface area (TPSA) is 3.24 Å². The van der Waals surface area contributed by atoms with Crippen LogP contribution in [0.25, 0.3) is 0 Å². The number of alkyl halides is 1. The highest BCUT2D eigenvalue weighted by Gasteiger charge is 2.05. The van der Waals surface area contributed by atoms with Crippen LogP contribution in [0.15, 0.2) is 30.3 Å². The minimum absolute atomic E-state index is 0.717. The Kier molecular flexibility index (Phi) is 7.30. The molecule has 0 fully saturated rings. The standard InChI is InChI=1S/C15H24ClN/c1-14(2)7-6-11-17(12-10-16)13-15-8-4-3-5-9-15/h3-5,8-9,14H,6-7,10-13H2,1-2H3. The van der Waals surface area contributed by atoms with Crippen molar-refractivity contribution in [2.45, 2.75) is 33.2 Å². The maximum Gasteiger partial charge on any atom is 0.0351 e. The van der Waals surface area contributed by atoms with Crippen molar-refractivity contribution in [3.05, 3.63) is 35.9 Å². The van der Waals surface area contributed by atoms with E-state index in [1.807, 2.05) is 0 Å². The largest absolute Gasteiger partial charge is 0.298 e. The lowest BCUT2D eigenvalue weighted by atomic mass is 10.1. The van der Waals surface area contributed by atoms with Crippen molar-refractivity contribution in [2.75, 3.05) is 19.0 Å². The lowest BCUT2D eigenvalue weighted by Crippen LogP contribution is -2.26. The van der Waals surface area contributed by atoms with Gasteiger partial charge in [0.2, 0.25) is 0 Å². The fourth-order valence-corrected chi connectivity index (χ4v) is 2.19. The Bertz CT molecular complexity index is 284. The van der Waals surface area contributed by atoms with Crippen LogP contribution in [-0.4, -0.2) is 23.9 Å². The average Bonchev–Trinajstić information content (AvgIpc) is 2.30. The quantitative estimate of drug-likeness (QED) is 0.629. The van der Waals surface area contributed by atoms with Gasteiger partial charge in [-0.1, -0.05) is 44.2 Å². The van der Waals surface area contributed by atoms with Crippen molar-refractivity contribution >= 4 is 11.6 Å². The fourth-order valence-electron chi connectivity index (χ4n) is 1.95. The molecule has 1 rings (SSSR count). The minimum Gasteiger partial charge on any atom is -0.298 e. The molecule has 1 aromatic rings. The van der Waals surface area contributed by atoms with Gasteiger partial charge in [-0.05, 0) is 30.9 Å². The molecule has 0 aliphatic carbocycles. The first kappa shape index (κ1) is 14.5. The van der Waals surface area contributed by atoms with Crippen molar-refractivity contribution in [1.29, 1.82) is 0 Å². The predicted octanol–water partition coefficient (Wildman–Crippen LogP) is 4.16. The smallest absolute Gasteiger partial charge is 0.0351 e. The van der Waals surface area contributed by atoms with Gasteiger partial charge in [0.1, 0.15) is 0 Å². The highest BCUT2D eigenvalue weighted by atomic mass is 35.5. The average molecular weight is 254 g/mol. The summed E-state index contributed by atoms with van der Waals surface area (Å²) in [6.45, 7) is 7.71. The predicted molar refractivity (Wildman–Crippen MR) is 76.5 cm³/mol. The first-order valence-electron chi connectivity index (χ1n) is 6.54. The molecular weight excluding hydrogens is 230 g/mol. The molecule has 1 aromatic carbocycles. The van der Waals surface area contributed by atoms with Crippen LogP contribution in [-0.2, 0) is 6.54 Å². The van der Waals surface area contributed by atoms with Crippen molar-refractivity contribution in [2.24, 2.45) is 5.92 Å². The molecule has 0 spiro atoms. The molecule has 0 atom stereocenters. The molecule has 0 aromatic heterocycles. The van der Waals surface area contributed by atoms with Crippen molar-refractivity contribution in [1.82, 2.24) is 4.90 Å². The third-order valence-electron chi connectivity index (χ3n) is 2.91.